The van der Waals surface area contributed by atoms with E-state index >= 15 is 0 Å². The highest BCUT2D eigenvalue weighted by Crippen LogP contribution is 2.26. The van der Waals surface area contributed by atoms with E-state index in [0.29, 0.717) is 17.1 Å². The molecular formula is C12H13Cl2NO3S. The monoisotopic (exact) mass is 321 g/mol. The van der Waals surface area contributed by atoms with Crippen LogP contribution in [0.1, 0.15) is 6.42 Å². The third kappa shape index (κ3) is 3.41. The highest BCUT2D eigenvalue weighted by atomic mass is 35.5. The number of rotatable bonds is 3. The van der Waals surface area contributed by atoms with Gasteiger partial charge in [-0.15, -0.1) is 11.6 Å². The molecule has 1 aromatic rings. The van der Waals surface area contributed by atoms with Crippen LogP contribution in [0.5, 0.6) is 0 Å². The van der Waals surface area contributed by atoms with Crippen molar-refractivity contribution in [2.75, 3.05) is 22.3 Å². The molecule has 104 valence electrons. The minimum Gasteiger partial charge on any atom is -0.307 e. The smallest absolute Gasteiger partial charge is 0.242 e. The van der Waals surface area contributed by atoms with Gasteiger partial charge in [0.1, 0.15) is 5.88 Å². The van der Waals surface area contributed by atoms with Crippen LogP contribution in [-0.4, -0.2) is 37.8 Å². The lowest BCUT2D eigenvalue weighted by Gasteiger charge is -2.27. The van der Waals surface area contributed by atoms with E-state index in [1.54, 1.807) is 24.3 Å². The van der Waals surface area contributed by atoms with Gasteiger partial charge in [-0.1, -0.05) is 11.6 Å². The Kier molecular flexibility index (Phi) is 4.38. The highest BCUT2D eigenvalue weighted by molar-refractivity contribution is 7.91. The predicted molar refractivity (Wildman–Crippen MR) is 76.7 cm³/mol. The number of halogens is 2. The van der Waals surface area contributed by atoms with Gasteiger partial charge in [-0.25, -0.2) is 8.42 Å². The molecule has 1 aliphatic heterocycles. The fourth-order valence-electron chi connectivity index (χ4n) is 2.20. The van der Waals surface area contributed by atoms with Crippen LogP contribution in [0.2, 0.25) is 5.02 Å². The number of benzene rings is 1. The SMILES string of the molecule is O=C(CCl)N(c1ccc(Cl)cc1)C1CCS(=O)(=O)C1. The van der Waals surface area contributed by atoms with Gasteiger partial charge in [0.2, 0.25) is 5.91 Å². The van der Waals surface area contributed by atoms with Crippen molar-refractivity contribution in [3.05, 3.63) is 29.3 Å². The van der Waals surface area contributed by atoms with Crippen LogP contribution in [0.15, 0.2) is 24.3 Å². The van der Waals surface area contributed by atoms with Crippen molar-refractivity contribution in [3.63, 3.8) is 0 Å². The fraction of sp³-hybridized carbons (Fsp3) is 0.417. The second-order valence-electron chi connectivity index (χ2n) is 4.43. The minimum absolute atomic E-state index is 0.0156. The van der Waals surface area contributed by atoms with Crippen LogP contribution in [0.25, 0.3) is 0 Å². The van der Waals surface area contributed by atoms with Crippen molar-refractivity contribution < 1.29 is 13.2 Å². The Morgan fingerprint density at radius 1 is 1.32 bits per heavy atom. The number of hydrogen-bond donors (Lipinski definition) is 0. The molecule has 1 heterocycles. The van der Waals surface area contributed by atoms with E-state index in [2.05, 4.69) is 0 Å². The van der Waals surface area contributed by atoms with E-state index in [1.165, 1.54) is 4.90 Å². The molecule has 1 saturated heterocycles. The first kappa shape index (κ1) is 14.6. The number of nitrogens with zero attached hydrogens (tertiary/aromatic N) is 1. The predicted octanol–water partition coefficient (Wildman–Crippen LogP) is 2.10. The van der Waals surface area contributed by atoms with Crippen LogP contribution < -0.4 is 4.90 Å². The van der Waals surface area contributed by atoms with Gasteiger partial charge in [-0.3, -0.25) is 4.79 Å². The maximum absolute atomic E-state index is 12.0. The third-order valence-electron chi connectivity index (χ3n) is 3.06. The van der Waals surface area contributed by atoms with Crippen LogP contribution in [0.4, 0.5) is 5.69 Å². The molecule has 0 radical (unpaired) electrons. The molecule has 4 nitrogen and oxygen atoms in total. The number of hydrogen-bond acceptors (Lipinski definition) is 3. The summed E-state index contributed by atoms with van der Waals surface area (Å²) in [5.41, 5.74) is 0.622. The molecule has 0 bridgehead atoms. The molecule has 0 aromatic heterocycles. The summed E-state index contributed by atoms with van der Waals surface area (Å²) in [6.07, 6.45) is 0.438. The zero-order chi connectivity index (χ0) is 14.0. The van der Waals surface area contributed by atoms with E-state index in [-0.39, 0.29) is 29.3 Å². The molecule has 1 fully saturated rings. The zero-order valence-electron chi connectivity index (χ0n) is 10.1. The molecule has 1 unspecified atom stereocenters. The van der Waals surface area contributed by atoms with Crippen LogP contribution in [0.3, 0.4) is 0 Å². The standard InChI is InChI=1S/C12H13Cl2NO3S/c13-7-12(16)15(10-3-1-9(14)2-4-10)11-5-6-19(17,18)8-11/h1-4,11H,5-8H2. The Hall–Kier alpha value is -0.780. The highest BCUT2D eigenvalue weighted by Gasteiger charge is 2.35. The summed E-state index contributed by atoms with van der Waals surface area (Å²) in [5.74, 6) is -0.388. The summed E-state index contributed by atoms with van der Waals surface area (Å²) in [5, 5.41) is 0.557. The molecule has 0 saturated carbocycles. The molecule has 1 atom stereocenters. The number of anilines is 1. The summed E-state index contributed by atoms with van der Waals surface area (Å²) in [6, 6.07) is 6.36. The molecule has 1 aromatic carbocycles. The Labute approximate surface area is 122 Å². The van der Waals surface area contributed by atoms with Crippen LogP contribution >= 0.6 is 23.2 Å². The maximum Gasteiger partial charge on any atom is 0.242 e. The van der Waals surface area contributed by atoms with Crippen molar-refractivity contribution in [1.29, 1.82) is 0 Å². The first-order valence-electron chi connectivity index (χ1n) is 5.77. The minimum atomic E-state index is -3.06. The lowest BCUT2D eigenvalue weighted by molar-refractivity contribution is -0.116. The quantitative estimate of drug-likeness (QED) is 0.801. The van der Waals surface area contributed by atoms with Crippen molar-refractivity contribution in [3.8, 4) is 0 Å². The van der Waals surface area contributed by atoms with Gasteiger partial charge < -0.3 is 4.90 Å². The summed E-state index contributed by atoms with van der Waals surface area (Å²) in [4.78, 5) is 13.4. The summed E-state index contributed by atoms with van der Waals surface area (Å²) >= 11 is 11.4. The number of sulfone groups is 1. The molecule has 7 heteroatoms. The van der Waals surface area contributed by atoms with Gasteiger partial charge in [0.05, 0.1) is 17.5 Å². The van der Waals surface area contributed by atoms with E-state index in [1.807, 2.05) is 0 Å². The Morgan fingerprint density at radius 2 is 1.95 bits per heavy atom. The molecule has 1 amide bonds. The second-order valence-corrected chi connectivity index (χ2v) is 7.36. The molecular weight excluding hydrogens is 309 g/mol. The fourth-order valence-corrected chi connectivity index (χ4v) is 4.16. The number of amides is 1. The van der Waals surface area contributed by atoms with Gasteiger partial charge >= 0.3 is 0 Å². The molecule has 0 N–H and O–H groups in total. The van der Waals surface area contributed by atoms with Gasteiger partial charge in [0, 0.05) is 10.7 Å². The van der Waals surface area contributed by atoms with Gasteiger partial charge in [-0.2, -0.15) is 0 Å². The largest absolute Gasteiger partial charge is 0.307 e. The van der Waals surface area contributed by atoms with Crippen molar-refractivity contribution in [1.82, 2.24) is 0 Å². The lowest BCUT2D eigenvalue weighted by Crippen LogP contribution is -2.42. The summed E-state index contributed by atoms with van der Waals surface area (Å²) in [7, 11) is -3.06. The Bertz CT molecular complexity index is 571. The number of carbonyl (C=O) groups is 1. The maximum atomic E-state index is 12.0. The van der Waals surface area contributed by atoms with Gasteiger partial charge in [-0.05, 0) is 30.7 Å². The van der Waals surface area contributed by atoms with E-state index in [0.717, 1.165) is 0 Å². The number of alkyl halides is 1. The van der Waals surface area contributed by atoms with Crippen molar-refractivity contribution in [2.45, 2.75) is 12.5 Å². The third-order valence-corrected chi connectivity index (χ3v) is 5.29. The van der Waals surface area contributed by atoms with Gasteiger partial charge in [0.25, 0.3) is 0 Å². The second kappa shape index (κ2) is 5.69. The molecule has 0 spiro atoms. The first-order chi connectivity index (χ1) is 8.93. The average Bonchev–Trinajstić information content (AvgIpc) is 2.72. The van der Waals surface area contributed by atoms with Crippen molar-refractivity contribution >= 4 is 44.6 Å². The Morgan fingerprint density at radius 3 is 2.42 bits per heavy atom. The zero-order valence-corrected chi connectivity index (χ0v) is 12.4. The van der Waals surface area contributed by atoms with Crippen LogP contribution in [0, 0.1) is 0 Å². The van der Waals surface area contributed by atoms with E-state index in [9.17, 15) is 13.2 Å². The summed E-state index contributed by atoms with van der Waals surface area (Å²) < 4.78 is 23.1. The number of carbonyl (C=O) groups excluding carboxylic acids is 1. The first-order valence-corrected chi connectivity index (χ1v) is 8.50. The van der Waals surface area contributed by atoms with E-state index < -0.39 is 9.84 Å². The normalized spacial score (nSPS) is 21.3. The molecule has 1 aliphatic rings. The topological polar surface area (TPSA) is 54.5 Å². The molecule has 19 heavy (non-hydrogen) atoms. The van der Waals surface area contributed by atoms with E-state index in [4.69, 9.17) is 23.2 Å². The molecule has 2 rings (SSSR count). The average molecular weight is 322 g/mol. The van der Waals surface area contributed by atoms with Crippen LogP contribution in [-0.2, 0) is 14.6 Å². The summed E-state index contributed by atoms with van der Waals surface area (Å²) in [6.45, 7) is 0. The molecule has 0 aliphatic carbocycles. The lowest BCUT2D eigenvalue weighted by atomic mass is 10.2. The van der Waals surface area contributed by atoms with Crippen molar-refractivity contribution in [2.24, 2.45) is 0 Å². The van der Waals surface area contributed by atoms with Gasteiger partial charge in [0.15, 0.2) is 9.84 Å². The Balaban J connectivity index is 2.32.